The van der Waals surface area contributed by atoms with Gasteiger partial charge < -0.3 is 25.1 Å². The molecular formula is C13H22NO6P. The molecule has 0 aliphatic carbocycles. The molecule has 0 atom stereocenters. The van der Waals surface area contributed by atoms with Gasteiger partial charge in [0.05, 0.1) is 31.5 Å². The Bertz CT molecular complexity index is 491. The number of aliphatic hydroxyl groups excluding tert-OH is 3. The van der Waals surface area contributed by atoms with Gasteiger partial charge in [-0.3, -0.25) is 9.46 Å². The van der Waals surface area contributed by atoms with Crippen molar-refractivity contribution in [3.63, 3.8) is 0 Å². The van der Waals surface area contributed by atoms with Gasteiger partial charge in [-0.2, -0.15) is 0 Å². The molecule has 0 unspecified atom stereocenters. The second-order valence-corrected chi connectivity index (χ2v) is 6.79. The summed E-state index contributed by atoms with van der Waals surface area (Å²) in [6.07, 6.45) is -0.374. The number of hydrogen-bond donors (Lipinski definition) is 5. The summed E-state index contributed by atoms with van der Waals surface area (Å²) in [5.41, 5.74) is -0.0154. The molecule has 0 saturated heterocycles. The molecule has 0 radical (unpaired) electrons. The average molecular weight is 319 g/mol. The van der Waals surface area contributed by atoms with E-state index in [2.05, 4.69) is 0 Å². The third kappa shape index (κ3) is 4.86. The van der Waals surface area contributed by atoms with Gasteiger partial charge in [0.25, 0.3) is 0 Å². The van der Waals surface area contributed by atoms with Gasteiger partial charge in [-0.1, -0.05) is 24.3 Å². The van der Waals surface area contributed by atoms with E-state index >= 15 is 0 Å². The summed E-state index contributed by atoms with van der Waals surface area (Å²) in [6.45, 7) is -1.07. The summed E-state index contributed by atoms with van der Waals surface area (Å²) in [5.74, 6) is 0. The maximum atomic E-state index is 11.2. The van der Waals surface area contributed by atoms with Crippen LogP contribution < -0.4 is 0 Å². The van der Waals surface area contributed by atoms with Crippen LogP contribution >= 0.6 is 7.60 Å². The minimum atomic E-state index is -4.19. The van der Waals surface area contributed by atoms with Crippen molar-refractivity contribution in [3.8, 4) is 0 Å². The molecule has 1 aromatic carbocycles. The number of hydrogen-bond acceptors (Lipinski definition) is 5. The first-order valence-corrected chi connectivity index (χ1v) is 8.23. The topological polar surface area (TPSA) is 121 Å². The lowest BCUT2D eigenvalue weighted by Crippen LogP contribution is -2.55. The predicted molar refractivity (Wildman–Crippen MR) is 77.6 cm³/mol. The SMILES string of the molecule is CN(Cc1ccccc1CP(=O)(O)O)C(CO)(CO)CO. The van der Waals surface area contributed by atoms with Gasteiger partial charge in [-0.25, -0.2) is 0 Å². The van der Waals surface area contributed by atoms with Crippen molar-refractivity contribution >= 4 is 7.60 Å². The Morgan fingerprint density at radius 2 is 1.52 bits per heavy atom. The van der Waals surface area contributed by atoms with Crippen molar-refractivity contribution in [2.45, 2.75) is 18.2 Å². The average Bonchev–Trinajstić information content (AvgIpc) is 2.42. The van der Waals surface area contributed by atoms with Crippen LogP contribution in [0.5, 0.6) is 0 Å². The van der Waals surface area contributed by atoms with Crippen LogP contribution in [-0.2, 0) is 17.3 Å². The summed E-state index contributed by atoms with van der Waals surface area (Å²) in [6, 6.07) is 6.77. The van der Waals surface area contributed by atoms with E-state index in [1.54, 1.807) is 36.2 Å². The molecule has 0 aliphatic heterocycles. The van der Waals surface area contributed by atoms with Crippen LogP contribution in [0, 0.1) is 0 Å². The summed E-state index contributed by atoms with van der Waals surface area (Å²) < 4.78 is 11.2. The summed E-state index contributed by atoms with van der Waals surface area (Å²) in [4.78, 5) is 19.8. The van der Waals surface area contributed by atoms with Crippen LogP contribution in [0.4, 0.5) is 0 Å². The van der Waals surface area contributed by atoms with E-state index in [1.807, 2.05) is 0 Å². The molecule has 0 aliphatic rings. The molecule has 0 amide bonds. The first kappa shape index (κ1) is 18.3. The molecule has 1 rings (SSSR count). The minimum absolute atomic E-state index is 0.234. The number of rotatable bonds is 8. The lowest BCUT2D eigenvalue weighted by molar-refractivity contribution is -0.0388. The zero-order chi connectivity index (χ0) is 16.1. The maximum absolute atomic E-state index is 11.2. The van der Waals surface area contributed by atoms with E-state index in [0.717, 1.165) is 0 Å². The lowest BCUT2D eigenvalue weighted by Gasteiger charge is -2.37. The van der Waals surface area contributed by atoms with E-state index in [9.17, 15) is 19.9 Å². The third-order valence-corrected chi connectivity index (χ3v) is 4.35. The molecular weight excluding hydrogens is 297 g/mol. The number of nitrogens with zero attached hydrogens (tertiary/aromatic N) is 1. The van der Waals surface area contributed by atoms with Gasteiger partial charge in [-0.15, -0.1) is 0 Å². The van der Waals surface area contributed by atoms with E-state index < -0.39 is 33.0 Å². The quantitative estimate of drug-likeness (QED) is 0.410. The Balaban J connectivity index is 3.00. The van der Waals surface area contributed by atoms with Gasteiger partial charge in [0, 0.05) is 6.54 Å². The lowest BCUT2D eigenvalue weighted by atomic mass is 9.99. The highest BCUT2D eigenvalue weighted by molar-refractivity contribution is 7.50. The van der Waals surface area contributed by atoms with Crippen molar-refractivity contribution in [2.75, 3.05) is 26.9 Å². The van der Waals surface area contributed by atoms with Crippen LogP contribution in [0.15, 0.2) is 24.3 Å². The van der Waals surface area contributed by atoms with Gasteiger partial charge in [0.2, 0.25) is 0 Å². The van der Waals surface area contributed by atoms with Crippen molar-refractivity contribution in [3.05, 3.63) is 35.4 Å². The van der Waals surface area contributed by atoms with Gasteiger partial charge in [-0.05, 0) is 18.2 Å². The summed E-state index contributed by atoms with van der Waals surface area (Å²) >= 11 is 0. The Morgan fingerprint density at radius 1 is 1.05 bits per heavy atom. The molecule has 7 nitrogen and oxygen atoms in total. The van der Waals surface area contributed by atoms with Crippen LogP contribution in [0.3, 0.4) is 0 Å². The summed E-state index contributed by atoms with van der Waals surface area (Å²) in [5, 5.41) is 28.2. The maximum Gasteiger partial charge on any atom is 0.329 e. The largest absolute Gasteiger partial charge is 0.394 e. The van der Waals surface area contributed by atoms with E-state index in [1.165, 1.54) is 0 Å². The van der Waals surface area contributed by atoms with Crippen LogP contribution in [0.2, 0.25) is 0 Å². The molecule has 120 valence electrons. The van der Waals surface area contributed by atoms with Crippen molar-refractivity contribution in [1.82, 2.24) is 4.90 Å². The highest BCUT2D eigenvalue weighted by Crippen LogP contribution is 2.40. The zero-order valence-corrected chi connectivity index (χ0v) is 12.8. The Labute approximate surface area is 123 Å². The predicted octanol–water partition coefficient (Wildman–Crippen LogP) is -0.488. The first-order chi connectivity index (χ1) is 9.78. The highest BCUT2D eigenvalue weighted by Gasteiger charge is 2.33. The highest BCUT2D eigenvalue weighted by atomic mass is 31.2. The first-order valence-electron chi connectivity index (χ1n) is 6.43. The van der Waals surface area contributed by atoms with Crippen LogP contribution in [0.1, 0.15) is 11.1 Å². The fraction of sp³-hybridized carbons (Fsp3) is 0.538. The van der Waals surface area contributed by atoms with E-state index in [0.29, 0.717) is 11.1 Å². The Kier molecular flexibility index (Phi) is 6.49. The molecule has 1 aromatic rings. The second kappa shape index (κ2) is 7.47. The normalized spacial score (nSPS) is 12.9. The van der Waals surface area contributed by atoms with Gasteiger partial charge in [0.15, 0.2) is 0 Å². The second-order valence-electron chi connectivity index (χ2n) is 5.15. The molecule has 21 heavy (non-hydrogen) atoms. The van der Waals surface area contributed by atoms with E-state index in [-0.39, 0.29) is 12.7 Å². The van der Waals surface area contributed by atoms with Crippen LogP contribution in [-0.4, -0.2) is 62.4 Å². The fourth-order valence-electron chi connectivity index (χ4n) is 2.02. The number of aliphatic hydroxyl groups is 3. The zero-order valence-electron chi connectivity index (χ0n) is 11.9. The smallest absolute Gasteiger partial charge is 0.329 e. The minimum Gasteiger partial charge on any atom is -0.394 e. The van der Waals surface area contributed by atoms with Crippen molar-refractivity contribution in [1.29, 1.82) is 0 Å². The number of benzene rings is 1. The van der Waals surface area contributed by atoms with E-state index in [4.69, 9.17) is 9.79 Å². The molecule has 5 N–H and O–H groups in total. The standard InChI is InChI=1S/C13H22NO6P/c1-14(13(8-15,9-16)10-17)6-11-4-2-3-5-12(11)7-21(18,19)20/h2-5,15-17H,6-10H2,1H3,(H2,18,19,20). The van der Waals surface area contributed by atoms with Crippen molar-refractivity contribution < 1.29 is 29.7 Å². The molecule has 0 fully saturated rings. The van der Waals surface area contributed by atoms with Gasteiger partial charge in [0.1, 0.15) is 0 Å². The molecule has 8 heteroatoms. The monoisotopic (exact) mass is 319 g/mol. The molecule has 0 heterocycles. The summed E-state index contributed by atoms with van der Waals surface area (Å²) in [7, 11) is -2.56. The Hall–Kier alpha value is -0.790. The van der Waals surface area contributed by atoms with Crippen molar-refractivity contribution in [2.24, 2.45) is 0 Å². The van der Waals surface area contributed by atoms with Crippen LogP contribution in [0.25, 0.3) is 0 Å². The molecule has 0 aromatic heterocycles. The molecule has 0 spiro atoms. The fourth-order valence-corrected chi connectivity index (χ4v) is 2.78. The van der Waals surface area contributed by atoms with Gasteiger partial charge >= 0.3 is 7.60 Å². The molecule has 0 saturated carbocycles. The number of likely N-dealkylation sites (N-methyl/N-ethyl adjacent to an activating group) is 1. The molecule has 0 bridgehead atoms. The third-order valence-electron chi connectivity index (χ3n) is 3.59. The Morgan fingerprint density at radius 3 is 1.95 bits per heavy atom.